The minimum Gasteiger partial charge on any atom is -0.424 e. The van der Waals surface area contributed by atoms with Crippen molar-refractivity contribution >= 4 is 0 Å². The fourth-order valence-electron chi connectivity index (χ4n) is 1.86. The summed E-state index contributed by atoms with van der Waals surface area (Å²) >= 11 is 0. The standard InChI is InChI=1S/C11H20N4O2/c1-10-13-14-11(17-10)9-12-3-2-4-15-5-7-16-8-6-15/h12H,2-9H2,1H3. The molecule has 0 spiro atoms. The third-order valence-electron chi connectivity index (χ3n) is 2.78. The number of nitrogens with one attached hydrogen (secondary N) is 1. The van der Waals surface area contributed by atoms with Crippen molar-refractivity contribution in [1.82, 2.24) is 20.4 Å². The van der Waals surface area contributed by atoms with E-state index < -0.39 is 0 Å². The Labute approximate surface area is 101 Å². The van der Waals surface area contributed by atoms with Crippen LogP contribution in [0, 0.1) is 6.92 Å². The van der Waals surface area contributed by atoms with E-state index in [2.05, 4.69) is 20.4 Å². The van der Waals surface area contributed by atoms with Gasteiger partial charge in [0.05, 0.1) is 19.8 Å². The smallest absolute Gasteiger partial charge is 0.230 e. The van der Waals surface area contributed by atoms with Gasteiger partial charge in [-0.2, -0.15) is 0 Å². The summed E-state index contributed by atoms with van der Waals surface area (Å²) in [6.45, 7) is 8.41. The van der Waals surface area contributed by atoms with Gasteiger partial charge >= 0.3 is 0 Å². The van der Waals surface area contributed by atoms with Crippen LogP contribution in [0.2, 0.25) is 0 Å². The SMILES string of the molecule is Cc1nnc(CNCCCN2CCOCC2)o1. The molecule has 1 aliphatic rings. The molecule has 2 rings (SSSR count). The molecule has 0 amide bonds. The van der Waals surface area contributed by atoms with Gasteiger partial charge in [-0.3, -0.25) is 4.90 Å². The Hall–Kier alpha value is -0.980. The van der Waals surface area contributed by atoms with E-state index in [1.807, 2.05) is 0 Å². The monoisotopic (exact) mass is 240 g/mol. The van der Waals surface area contributed by atoms with E-state index in [1.54, 1.807) is 6.92 Å². The molecular weight excluding hydrogens is 220 g/mol. The molecule has 96 valence electrons. The Bertz CT molecular complexity index is 323. The fourth-order valence-corrected chi connectivity index (χ4v) is 1.86. The molecule has 1 saturated heterocycles. The van der Waals surface area contributed by atoms with Gasteiger partial charge in [0.25, 0.3) is 0 Å². The van der Waals surface area contributed by atoms with Crippen molar-refractivity contribution in [3.63, 3.8) is 0 Å². The molecule has 1 aromatic rings. The maximum absolute atomic E-state index is 5.30. The molecule has 0 radical (unpaired) electrons. The lowest BCUT2D eigenvalue weighted by Crippen LogP contribution is -2.37. The average Bonchev–Trinajstić information content (AvgIpc) is 2.76. The zero-order valence-electron chi connectivity index (χ0n) is 10.3. The predicted molar refractivity (Wildman–Crippen MR) is 62.6 cm³/mol. The zero-order chi connectivity index (χ0) is 11.9. The van der Waals surface area contributed by atoms with Gasteiger partial charge in [-0.1, -0.05) is 0 Å². The van der Waals surface area contributed by atoms with E-state index in [0.29, 0.717) is 18.3 Å². The van der Waals surface area contributed by atoms with E-state index in [-0.39, 0.29) is 0 Å². The molecule has 0 bridgehead atoms. The minimum atomic E-state index is 0.620. The van der Waals surface area contributed by atoms with Crippen LogP contribution in [0.4, 0.5) is 0 Å². The van der Waals surface area contributed by atoms with Crippen molar-refractivity contribution in [2.24, 2.45) is 0 Å². The second-order valence-electron chi connectivity index (χ2n) is 4.20. The van der Waals surface area contributed by atoms with E-state index in [0.717, 1.165) is 45.8 Å². The van der Waals surface area contributed by atoms with Gasteiger partial charge in [0, 0.05) is 20.0 Å². The third-order valence-corrected chi connectivity index (χ3v) is 2.78. The van der Waals surface area contributed by atoms with Gasteiger partial charge < -0.3 is 14.5 Å². The minimum absolute atomic E-state index is 0.620. The number of ether oxygens (including phenoxy) is 1. The van der Waals surface area contributed by atoms with E-state index >= 15 is 0 Å². The summed E-state index contributed by atoms with van der Waals surface area (Å²) in [5.41, 5.74) is 0. The van der Waals surface area contributed by atoms with Gasteiger partial charge in [-0.05, 0) is 19.5 Å². The highest BCUT2D eigenvalue weighted by molar-refractivity contribution is 4.77. The molecule has 1 N–H and O–H groups in total. The molecule has 2 heterocycles. The van der Waals surface area contributed by atoms with Crippen LogP contribution in [0.25, 0.3) is 0 Å². The predicted octanol–water partition coefficient (Wildman–Crippen LogP) is 0.190. The number of nitrogens with zero attached hydrogens (tertiary/aromatic N) is 3. The molecule has 1 aromatic heterocycles. The molecule has 6 heteroatoms. The van der Waals surface area contributed by atoms with Crippen molar-refractivity contribution in [3.8, 4) is 0 Å². The number of morpholine rings is 1. The van der Waals surface area contributed by atoms with Crippen molar-refractivity contribution in [2.45, 2.75) is 19.9 Å². The zero-order valence-corrected chi connectivity index (χ0v) is 10.3. The molecule has 0 saturated carbocycles. The summed E-state index contributed by atoms with van der Waals surface area (Å²) in [6.07, 6.45) is 1.13. The van der Waals surface area contributed by atoms with Gasteiger partial charge in [-0.15, -0.1) is 10.2 Å². The Morgan fingerprint density at radius 3 is 2.82 bits per heavy atom. The molecule has 0 aliphatic carbocycles. The molecule has 0 atom stereocenters. The van der Waals surface area contributed by atoms with Gasteiger partial charge in [0.2, 0.25) is 11.8 Å². The summed E-state index contributed by atoms with van der Waals surface area (Å²) in [6, 6.07) is 0. The number of hydrogen-bond acceptors (Lipinski definition) is 6. The molecular formula is C11H20N4O2. The molecule has 6 nitrogen and oxygen atoms in total. The van der Waals surface area contributed by atoms with Crippen LogP contribution in [0.1, 0.15) is 18.2 Å². The van der Waals surface area contributed by atoms with Crippen LogP contribution in [0.15, 0.2) is 4.42 Å². The largest absolute Gasteiger partial charge is 0.424 e. The average molecular weight is 240 g/mol. The van der Waals surface area contributed by atoms with Gasteiger partial charge in [-0.25, -0.2) is 0 Å². The quantitative estimate of drug-likeness (QED) is 0.716. The maximum atomic E-state index is 5.30. The van der Waals surface area contributed by atoms with E-state index in [1.165, 1.54) is 0 Å². The first-order chi connectivity index (χ1) is 8.34. The first-order valence-electron chi connectivity index (χ1n) is 6.14. The van der Waals surface area contributed by atoms with Gasteiger partial charge in [0.15, 0.2) is 0 Å². The molecule has 0 unspecified atom stereocenters. The summed E-state index contributed by atoms with van der Waals surface area (Å²) in [4.78, 5) is 2.43. The molecule has 1 aliphatic heterocycles. The number of aromatic nitrogens is 2. The first-order valence-corrected chi connectivity index (χ1v) is 6.14. The highest BCUT2D eigenvalue weighted by Gasteiger charge is 2.09. The lowest BCUT2D eigenvalue weighted by molar-refractivity contribution is 0.0374. The van der Waals surface area contributed by atoms with Crippen LogP contribution < -0.4 is 5.32 Å². The normalized spacial score (nSPS) is 17.5. The number of aryl methyl sites for hydroxylation is 1. The van der Waals surface area contributed by atoms with Crippen LogP contribution in [0.3, 0.4) is 0 Å². The van der Waals surface area contributed by atoms with Crippen molar-refractivity contribution in [2.75, 3.05) is 39.4 Å². The third kappa shape index (κ3) is 4.41. The molecule has 0 aromatic carbocycles. The fraction of sp³-hybridized carbons (Fsp3) is 0.818. The summed E-state index contributed by atoms with van der Waals surface area (Å²) in [5, 5.41) is 11.0. The Morgan fingerprint density at radius 2 is 2.12 bits per heavy atom. The molecule has 1 fully saturated rings. The maximum Gasteiger partial charge on any atom is 0.230 e. The van der Waals surface area contributed by atoms with Crippen LogP contribution in [-0.4, -0.2) is 54.5 Å². The first kappa shape index (κ1) is 12.5. The summed E-state index contributed by atoms with van der Waals surface area (Å²) in [5.74, 6) is 1.28. The van der Waals surface area contributed by atoms with Crippen molar-refractivity contribution < 1.29 is 9.15 Å². The summed E-state index contributed by atoms with van der Waals surface area (Å²) in [7, 11) is 0. The summed E-state index contributed by atoms with van der Waals surface area (Å²) < 4.78 is 10.6. The second kappa shape index (κ2) is 6.68. The van der Waals surface area contributed by atoms with Crippen molar-refractivity contribution in [1.29, 1.82) is 0 Å². The van der Waals surface area contributed by atoms with E-state index in [9.17, 15) is 0 Å². The van der Waals surface area contributed by atoms with Gasteiger partial charge in [0.1, 0.15) is 0 Å². The highest BCUT2D eigenvalue weighted by Crippen LogP contribution is 1.98. The van der Waals surface area contributed by atoms with E-state index in [4.69, 9.17) is 9.15 Å². The van der Waals surface area contributed by atoms with Crippen LogP contribution in [0.5, 0.6) is 0 Å². The van der Waals surface area contributed by atoms with Crippen molar-refractivity contribution in [3.05, 3.63) is 11.8 Å². The highest BCUT2D eigenvalue weighted by atomic mass is 16.5. The second-order valence-corrected chi connectivity index (χ2v) is 4.20. The topological polar surface area (TPSA) is 63.4 Å². The number of rotatable bonds is 6. The Morgan fingerprint density at radius 1 is 1.29 bits per heavy atom. The lowest BCUT2D eigenvalue weighted by Gasteiger charge is -2.26. The van der Waals surface area contributed by atoms with Crippen LogP contribution >= 0.6 is 0 Å². The van der Waals surface area contributed by atoms with Crippen LogP contribution in [-0.2, 0) is 11.3 Å². The lowest BCUT2D eigenvalue weighted by atomic mass is 10.3. The molecule has 17 heavy (non-hydrogen) atoms. The number of hydrogen-bond donors (Lipinski definition) is 1. The Balaban J connectivity index is 1.51. The Kier molecular flexibility index (Phi) is 4.90.